The number of aromatic nitrogens is 3. The summed E-state index contributed by atoms with van der Waals surface area (Å²) in [6.45, 7) is 4.45. The van der Waals surface area contributed by atoms with Crippen LogP contribution in [0.1, 0.15) is 35.8 Å². The lowest BCUT2D eigenvalue weighted by molar-refractivity contribution is 0.0953. The second-order valence-electron chi connectivity index (χ2n) is 5.77. The van der Waals surface area contributed by atoms with Gasteiger partial charge < -0.3 is 5.32 Å². The van der Waals surface area contributed by atoms with Crippen LogP contribution in [-0.4, -0.2) is 27.2 Å². The minimum absolute atomic E-state index is 0.248. The van der Waals surface area contributed by atoms with E-state index >= 15 is 0 Å². The van der Waals surface area contributed by atoms with Crippen molar-refractivity contribution in [3.8, 4) is 5.69 Å². The molecule has 25 heavy (non-hydrogen) atoms. The number of carbonyl (C=O) groups is 1. The number of aryl methyl sites for hydroxylation is 1. The molecule has 2 heterocycles. The van der Waals surface area contributed by atoms with Gasteiger partial charge in [0.2, 0.25) is 0 Å². The van der Waals surface area contributed by atoms with E-state index in [9.17, 15) is 9.18 Å². The van der Waals surface area contributed by atoms with Crippen molar-refractivity contribution in [2.24, 2.45) is 0 Å². The molecule has 1 amide bonds. The molecule has 0 aliphatic heterocycles. The van der Waals surface area contributed by atoms with E-state index in [-0.39, 0.29) is 11.7 Å². The zero-order valence-corrected chi connectivity index (χ0v) is 14.8. The number of benzene rings is 1. The molecule has 1 aromatic carbocycles. The van der Waals surface area contributed by atoms with Crippen LogP contribution in [0.5, 0.6) is 0 Å². The fraction of sp³-hybridized carbons (Fsp3) is 0.278. The van der Waals surface area contributed by atoms with Crippen LogP contribution in [0.25, 0.3) is 16.7 Å². The molecule has 0 aliphatic rings. The van der Waals surface area contributed by atoms with Gasteiger partial charge in [0.15, 0.2) is 5.65 Å². The normalized spacial score (nSPS) is 11.0. The Hall–Kier alpha value is -2.47. The molecule has 0 radical (unpaired) electrons. The first-order chi connectivity index (χ1) is 12.0. The summed E-state index contributed by atoms with van der Waals surface area (Å²) in [5, 5.41) is 8.22. The Balaban J connectivity index is 2.04. The van der Waals surface area contributed by atoms with Crippen molar-refractivity contribution in [1.29, 1.82) is 0 Å². The average Bonchev–Trinajstić information content (AvgIpc) is 2.93. The van der Waals surface area contributed by atoms with Gasteiger partial charge in [0.25, 0.3) is 5.91 Å². The number of unbranched alkanes of at least 4 members (excludes halogenated alkanes) is 1. The van der Waals surface area contributed by atoms with E-state index in [1.54, 1.807) is 23.7 Å². The molecule has 0 spiro atoms. The summed E-state index contributed by atoms with van der Waals surface area (Å²) >= 11 is 6.47. The standard InChI is InChI=1S/C18H18ClFN4O/c1-3-4-9-21-18(25)14-10-22-17-15(16(14)19)11(2)23-24(17)13-7-5-12(20)6-8-13/h5-8,10H,3-4,9H2,1-2H3,(H,21,25). The molecule has 3 rings (SSSR count). The maximum Gasteiger partial charge on any atom is 0.254 e. The van der Waals surface area contributed by atoms with Gasteiger partial charge in [-0.2, -0.15) is 5.10 Å². The molecule has 0 fully saturated rings. The van der Waals surface area contributed by atoms with Crippen molar-refractivity contribution in [2.75, 3.05) is 6.54 Å². The van der Waals surface area contributed by atoms with E-state index in [2.05, 4.69) is 22.3 Å². The molecule has 0 bridgehead atoms. The molecule has 5 nitrogen and oxygen atoms in total. The van der Waals surface area contributed by atoms with E-state index in [1.807, 2.05) is 0 Å². The molecule has 2 aromatic heterocycles. The van der Waals surface area contributed by atoms with Gasteiger partial charge in [-0.3, -0.25) is 4.79 Å². The third kappa shape index (κ3) is 3.35. The fourth-order valence-electron chi connectivity index (χ4n) is 2.60. The second-order valence-corrected chi connectivity index (χ2v) is 6.15. The number of halogens is 2. The number of rotatable bonds is 5. The third-order valence-corrected chi connectivity index (χ3v) is 4.33. The zero-order valence-electron chi connectivity index (χ0n) is 14.0. The van der Waals surface area contributed by atoms with Crippen LogP contribution < -0.4 is 5.32 Å². The molecule has 0 saturated carbocycles. The summed E-state index contributed by atoms with van der Waals surface area (Å²) in [7, 11) is 0. The van der Waals surface area contributed by atoms with Crippen LogP contribution in [-0.2, 0) is 0 Å². The fourth-order valence-corrected chi connectivity index (χ4v) is 2.96. The number of carbonyl (C=O) groups excluding carboxylic acids is 1. The summed E-state index contributed by atoms with van der Waals surface area (Å²) in [4.78, 5) is 16.7. The van der Waals surface area contributed by atoms with Gasteiger partial charge in [-0.15, -0.1) is 0 Å². The van der Waals surface area contributed by atoms with Crippen molar-refractivity contribution < 1.29 is 9.18 Å². The summed E-state index contributed by atoms with van der Waals surface area (Å²) in [6.07, 6.45) is 3.35. The van der Waals surface area contributed by atoms with Crippen LogP contribution in [0.4, 0.5) is 4.39 Å². The number of pyridine rings is 1. The summed E-state index contributed by atoms with van der Waals surface area (Å²) in [5.41, 5.74) is 2.18. The summed E-state index contributed by atoms with van der Waals surface area (Å²) in [5.74, 6) is -0.573. The highest BCUT2D eigenvalue weighted by molar-refractivity contribution is 6.38. The minimum Gasteiger partial charge on any atom is -0.352 e. The molecule has 0 unspecified atom stereocenters. The molecule has 1 N–H and O–H groups in total. The van der Waals surface area contributed by atoms with Crippen LogP contribution >= 0.6 is 11.6 Å². The van der Waals surface area contributed by atoms with E-state index in [1.165, 1.54) is 18.3 Å². The molecule has 130 valence electrons. The van der Waals surface area contributed by atoms with Gasteiger partial charge in [-0.05, 0) is 37.6 Å². The van der Waals surface area contributed by atoms with Crippen molar-refractivity contribution >= 4 is 28.5 Å². The molecule has 0 atom stereocenters. The first-order valence-corrected chi connectivity index (χ1v) is 8.48. The topological polar surface area (TPSA) is 59.8 Å². The number of nitrogens with zero attached hydrogens (tertiary/aromatic N) is 3. The lowest BCUT2D eigenvalue weighted by Gasteiger charge is -2.07. The molecular weight excluding hydrogens is 343 g/mol. The van der Waals surface area contributed by atoms with Crippen molar-refractivity contribution in [3.05, 3.63) is 52.6 Å². The Labute approximate surface area is 149 Å². The van der Waals surface area contributed by atoms with Gasteiger partial charge in [0.1, 0.15) is 5.82 Å². The lowest BCUT2D eigenvalue weighted by Crippen LogP contribution is -2.24. The Morgan fingerprint density at radius 1 is 1.32 bits per heavy atom. The number of amides is 1. The molecular formula is C18H18ClFN4O. The highest BCUT2D eigenvalue weighted by atomic mass is 35.5. The SMILES string of the molecule is CCCCNC(=O)c1cnc2c(c(C)nn2-c2ccc(F)cc2)c1Cl. The van der Waals surface area contributed by atoms with Gasteiger partial charge in [0, 0.05) is 12.7 Å². The minimum atomic E-state index is -0.325. The van der Waals surface area contributed by atoms with Crippen LogP contribution in [0, 0.1) is 12.7 Å². The van der Waals surface area contributed by atoms with Crippen molar-refractivity contribution in [2.45, 2.75) is 26.7 Å². The van der Waals surface area contributed by atoms with Crippen molar-refractivity contribution in [3.63, 3.8) is 0 Å². The molecule has 0 aliphatic carbocycles. The van der Waals surface area contributed by atoms with Crippen LogP contribution in [0.15, 0.2) is 30.5 Å². The Bertz CT molecular complexity index is 921. The van der Waals surface area contributed by atoms with Crippen LogP contribution in [0.3, 0.4) is 0 Å². The van der Waals surface area contributed by atoms with E-state index in [4.69, 9.17) is 11.6 Å². The predicted molar refractivity (Wildman–Crippen MR) is 95.8 cm³/mol. The van der Waals surface area contributed by atoms with Gasteiger partial charge in [0.05, 0.1) is 27.4 Å². The molecule has 0 saturated heterocycles. The highest BCUT2D eigenvalue weighted by Gasteiger charge is 2.19. The summed E-state index contributed by atoms with van der Waals surface area (Å²) in [6, 6.07) is 5.94. The monoisotopic (exact) mass is 360 g/mol. The first kappa shape index (κ1) is 17.4. The average molecular weight is 361 g/mol. The Morgan fingerprint density at radius 3 is 2.72 bits per heavy atom. The number of hydrogen-bond acceptors (Lipinski definition) is 3. The van der Waals surface area contributed by atoms with Gasteiger partial charge in [-0.1, -0.05) is 24.9 Å². The molecule has 7 heteroatoms. The zero-order chi connectivity index (χ0) is 18.0. The van der Waals surface area contributed by atoms with Gasteiger partial charge >= 0.3 is 0 Å². The van der Waals surface area contributed by atoms with E-state index in [0.29, 0.717) is 39.5 Å². The Morgan fingerprint density at radius 2 is 2.04 bits per heavy atom. The highest BCUT2D eigenvalue weighted by Crippen LogP contribution is 2.29. The largest absolute Gasteiger partial charge is 0.352 e. The van der Waals surface area contributed by atoms with E-state index in [0.717, 1.165) is 12.8 Å². The lowest BCUT2D eigenvalue weighted by atomic mass is 10.2. The third-order valence-electron chi connectivity index (χ3n) is 3.94. The maximum absolute atomic E-state index is 13.1. The first-order valence-electron chi connectivity index (χ1n) is 8.11. The quantitative estimate of drug-likeness (QED) is 0.698. The molecule has 3 aromatic rings. The Kier molecular flexibility index (Phi) is 4.99. The number of nitrogens with one attached hydrogen (secondary N) is 1. The smallest absolute Gasteiger partial charge is 0.254 e. The summed E-state index contributed by atoms with van der Waals surface area (Å²) < 4.78 is 14.7. The van der Waals surface area contributed by atoms with Crippen LogP contribution in [0.2, 0.25) is 5.02 Å². The predicted octanol–water partition coefficient (Wildman–Crippen LogP) is 4.05. The number of hydrogen-bond donors (Lipinski definition) is 1. The van der Waals surface area contributed by atoms with Gasteiger partial charge in [-0.25, -0.2) is 14.1 Å². The van der Waals surface area contributed by atoms with Crippen molar-refractivity contribution in [1.82, 2.24) is 20.1 Å². The maximum atomic E-state index is 13.1. The van der Waals surface area contributed by atoms with E-state index < -0.39 is 0 Å². The number of fused-ring (bicyclic) bond motifs is 1. The second kappa shape index (κ2) is 7.19.